The first-order chi connectivity index (χ1) is 16.3. The Balaban J connectivity index is 1.51. The van der Waals surface area contributed by atoms with Crippen molar-refractivity contribution in [1.82, 2.24) is 0 Å². The third-order valence-corrected chi connectivity index (χ3v) is 13.8. The van der Waals surface area contributed by atoms with Gasteiger partial charge in [-0.05, 0) is 122 Å². The molecule has 198 valence electrons. The van der Waals surface area contributed by atoms with Crippen LogP contribution < -0.4 is 0 Å². The number of allylic oxidation sites excluding steroid dienone is 1. The number of esters is 1. The molecule has 5 rings (SSSR count). The first kappa shape index (κ1) is 25.8. The second-order valence-corrected chi connectivity index (χ2v) is 15.2. The van der Waals surface area contributed by atoms with Crippen molar-refractivity contribution in [3.63, 3.8) is 0 Å². The monoisotopic (exact) mass is 484 g/mol. The summed E-state index contributed by atoms with van der Waals surface area (Å²) in [7, 11) is 0. The lowest BCUT2D eigenvalue weighted by Gasteiger charge is -2.73. The lowest BCUT2D eigenvalue weighted by atomic mass is 9.32. The van der Waals surface area contributed by atoms with Gasteiger partial charge in [0.1, 0.15) is 6.10 Å². The summed E-state index contributed by atoms with van der Waals surface area (Å²) in [4.78, 5) is 11.9. The molecule has 0 heterocycles. The van der Waals surface area contributed by atoms with Gasteiger partial charge in [0.15, 0.2) is 0 Å². The van der Waals surface area contributed by atoms with Crippen LogP contribution in [0.25, 0.3) is 0 Å². The maximum absolute atomic E-state index is 11.9. The molecule has 10 atom stereocenters. The predicted molar refractivity (Wildman–Crippen MR) is 142 cm³/mol. The lowest BCUT2D eigenvalue weighted by Crippen LogP contribution is -2.67. The first-order valence-corrected chi connectivity index (χ1v) is 14.7. The molecule has 0 aromatic carbocycles. The number of fused-ring (bicyclic) bond motifs is 7. The summed E-state index contributed by atoms with van der Waals surface area (Å²) in [5.74, 6) is 3.07. The number of rotatable bonds is 3. The third kappa shape index (κ3) is 3.28. The fourth-order valence-corrected chi connectivity index (χ4v) is 11.9. The number of ether oxygens (including phenoxy) is 1. The van der Waals surface area contributed by atoms with Crippen LogP contribution in [0.5, 0.6) is 0 Å². The van der Waals surface area contributed by atoms with Crippen molar-refractivity contribution >= 4 is 5.97 Å². The molecule has 0 radical (unpaired) electrons. The highest BCUT2D eigenvalue weighted by Crippen LogP contribution is 2.77. The summed E-state index contributed by atoms with van der Waals surface area (Å²) in [6, 6.07) is 0. The summed E-state index contributed by atoms with van der Waals surface area (Å²) in [5.41, 5.74) is 2.45. The largest absolute Gasteiger partial charge is 0.462 e. The van der Waals surface area contributed by atoms with Crippen molar-refractivity contribution in [1.29, 1.82) is 0 Å². The minimum Gasteiger partial charge on any atom is -0.462 e. The van der Waals surface area contributed by atoms with Gasteiger partial charge in [-0.25, -0.2) is 0 Å². The van der Waals surface area contributed by atoms with E-state index in [0.717, 1.165) is 12.3 Å². The normalized spacial score (nSPS) is 52.5. The minimum atomic E-state index is -0.126. The van der Waals surface area contributed by atoms with Gasteiger partial charge in [0, 0.05) is 18.9 Å². The molecule has 1 N–H and O–H groups in total. The average molecular weight is 485 g/mol. The summed E-state index contributed by atoms with van der Waals surface area (Å²) in [6.07, 6.45) is 12.2. The Labute approximate surface area is 214 Å². The van der Waals surface area contributed by atoms with Crippen LogP contribution >= 0.6 is 0 Å². The van der Waals surface area contributed by atoms with Crippen LogP contribution in [0.4, 0.5) is 0 Å². The summed E-state index contributed by atoms with van der Waals surface area (Å²) in [5, 5.41) is 10.7. The van der Waals surface area contributed by atoms with Crippen LogP contribution in [-0.2, 0) is 9.53 Å². The zero-order valence-corrected chi connectivity index (χ0v) is 23.7. The van der Waals surface area contributed by atoms with Crippen molar-refractivity contribution in [3.05, 3.63) is 12.2 Å². The SMILES string of the molecule is C=C(C)C1CC[C@]2(CO)CC[C@]3(C)[C@H](CC[C@@H]4[C@@]5(C)CC[C@@H](OC(C)=O)C(C)(C)C5CC[C@]43C)C12. The fraction of sp³-hybridized carbons (Fsp3) is 0.906. The van der Waals surface area contributed by atoms with Crippen LogP contribution in [0.3, 0.4) is 0 Å². The molecule has 5 saturated carbocycles. The van der Waals surface area contributed by atoms with Gasteiger partial charge in [-0.1, -0.05) is 46.8 Å². The molecule has 3 heteroatoms. The Morgan fingerprint density at radius 2 is 1.57 bits per heavy atom. The molecule has 0 amide bonds. The Bertz CT molecular complexity index is 891. The lowest BCUT2D eigenvalue weighted by molar-refractivity contribution is -0.251. The molecular weight excluding hydrogens is 432 g/mol. The van der Waals surface area contributed by atoms with Gasteiger partial charge in [-0.3, -0.25) is 4.79 Å². The zero-order chi connectivity index (χ0) is 25.6. The molecule has 0 aromatic rings. The highest BCUT2D eigenvalue weighted by molar-refractivity contribution is 5.66. The molecule has 5 aliphatic carbocycles. The van der Waals surface area contributed by atoms with Gasteiger partial charge in [0.05, 0.1) is 0 Å². The van der Waals surface area contributed by atoms with Crippen LogP contribution in [0.1, 0.15) is 113 Å². The Morgan fingerprint density at radius 1 is 0.857 bits per heavy atom. The molecule has 0 aromatic heterocycles. The van der Waals surface area contributed by atoms with E-state index in [0.29, 0.717) is 46.5 Å². The first-order valence-electron chi connectivity index (χ1n) is 14.7. The molecule has 0 spiro atoms. The Morgan fingerprint density at radius 3 is 2.20 bits per heavy atom. The van der Waals surface area contributed by atoms with Gasteiger partial charge in [0.25, 0.3) is 0 Å². The van der Waals surface area contributed by atoms with Crippen molar-refractivity contribution in [2.45, 2.75) is 119 Å². The van der Waals surface area contributed by atoms with Crippen LogP contribution in [0, 0.1) is 56.7 Å². The Kier molecular flexibility index (Phi) is 5.96. The number of carbonyl (C=O) groups excluding carboxylic acids is 1. The molecule has 0 bridgehead atoms. The molecule has 0 aliphatic heterocycles. The third-order valence-electron chi connectivity index (χ3n) is 13.8. The van der Waals surface area contributed by atoms with E-state index in [1.807, 2.05) is 0 Å². The van der Waals surface area contributed by atoms with Gasteiger partial charge < -0.3 is 9.84 Å². The van der Waals surface area contributed by atoms with E-state index in [4.69, 9.17) is 4.74 Å². The molecular formula is C32H52O3. The average Bonchev–Trinajstić information content (AvgIpc) is 3.16. The van der Waals surface area contributed by atoms with E-state index in [2.05, 4.69) is 48.1 Å². The van der Waals surface area contributed by atoms with Gasteiger partial charge in [0.2, 0.25) is 0 Å². The standard InChI is InChI=1S/C32H52O3/c1-20(2)22-11-16-32(19-33)18-17-30(7)23(27(22)32)9-10-25-29(6)14-13-26(35-21(3)34)28(4,5)24(29)12-15-31(25,30)8/h22-27,33H,1,9-19H2,2-8H3/t22?,23-,24?,25-,26-,27?,29+,30-,31-,32-/m1/s1. The molecule has 3 nitrogen and oxygen atoms in total. The number of aliphatic hydroxyl groups excluding tert-OH is 1. The number of hydrogen-bond acceptors (Lipinski definition) is 3. The number of aliphatic hydroxyl groups is 1. The second-order valence-electron chi connectivity index (χ2n) is 15.2. The topological polar surface area (TPSA) is 46.5 Å². The minimum absolute atomic E-state index is 0.0207. The van der Waals surface area contributed by atoms with Crippen LogP contribution in [0.2, 0.25) is 0 Å². The van der Waals surface area contributed by atoms with Crippen LogP contribution in [0.15, 0.2) is 12.2 Å². The highest BCUT2D eigenvalue weighted by Gasteiger charge is 2.71. The van der Waals surface area contributed by atoms with Crippen molar-refractivity contribution in [2.75, 3.05) is 6.61 Å². The van der Waals surface area contributed by atoms with Gasteiger partial charge in [-0.2, -0.15) is 0 Å². The molecule has 3 unspecified atom stereocenters. The quantitative estimate of drug-likeness (QED) is 0.332. The number of carbonyl (C=O) groups is 1. The Hall–Kier alpha value is -0.830. The van der Waals surface area contributed by atoms with E-state index >= 15 is 0 Å². The molecule has 5 fully saturated rings. The summed E-state index contributed by atoms with van der Waals surface area (Å²) >= 11 is 0. The molecule has 5 aliphatic rings. The fourth-order valence-electron chi connectivity index (χ4n) is 11.9. The van der Waals surface area contributed by atoms with E-state index in [1.54, 1.807) is 6.92 Å². The van der Waals surface area contributed by atoms with E-state index in [1.165, 1.54) is 63.4 Å². The smallest absolute Gasteiger partial charge is 0.302 e. The summed E-state index contributed by atoms with van der Waals surface area (Å²) < 4.78 is 5.90. The maximum atomic E-state index is 11.9. The summed E-state index contributed by atoms with van der Waals surface area (Å²) in [6.45, 7) is 21.3. The van der Waals surface area contributed by atoms with Crippen LogP contribution in [-0.4, -0.2) is 23.8 Å². The number of hydrogen-bond donors (Lipinski definition) is 1. The predicted octanol–water partition coefficient (Wildman–Crippen LogP) is 7.57. The molecule has 0 saturated heterocycles. The zero-order valence-electron chi connectivity index (χ0n) is 23.7. The highest BCUT2D eigenvalue weighted by atomic mass is 16.5. The van der Waals surface area contributed by atoms with E-state index < -0.39 is 0 Å². The molecule has 35 heavy (non-hydrogen) atoms. The van der Waals surface area contributed by atoms with E-state index in [9.17, 15) is 9.90 Å². The maximum Gasteiger partial charge on any atom is 0.302 e. The van der Waals surface area contributed by atoms with Crippen molar-refractivity contribution < 1.29 is 14.6 Å². The van der Waals surface area contributed by atoms with Gasteiger partial charge in [-0.15, -0.1) is 0 Å². The van der Waals surface area contributed by atoms with Crippen molar-refractivity contribution in [2.24, 2.45) is 56.7 Å². The van der Waals surface area contributed by atoms with Gasteiger partial charge >= 0.3 is 5.97 Å². The van der Waals surface area contributed by atoms with Crippen molar-refractivity contribution in [3.8, 4) is 0 Å². The second kappa shape index (κ2) is 8.08. The van der Waals surface area contributed by atoms with E-state index in [-0.39, 0.29) is 22.9 Å².